The van der Waals surface area contributed by atoms with Crippen molar-refractivity contribution in [3.63, 3.8) is 0 Å². The SMILES string of the molecule is COC(=O)CC1CC(NCC(C)C)CN(C)C1. The van der Waals surface area contributed by atoms with Gasteiger partial charge in [0.05, 0.1) is 7.11 Å². The van der Waals surface area contributed by atoms with Crippen molar-refractivity contribution in [3.05, 3.63) is 0 Å². The molecule has 4 heteroatoms. The highest BCUT2D eigenvalue weighted by Gasteiger charge is 2.26. The molecule has 1 aliphatic rings. The average Bonchev–Trinajstić information content (AvgIpc) is 2.25. The van der Waals surface area contributed by atoms with Gasteiger partial charge in [0.25, 0.3) is 0 Å². The normalized spacial score (nSPS) is 26.2. The van der Waals surface area contributed by atoms with Crippen LogP contribution in [-0.2, 0) is 9.53 Å². The molecule has 0 aliphatic carbocycles. The molecule has 0 aromatic carbocycles. The van der Waals surface area contributed by atoms with Gasteiger partial charge in [-0.3, -0.25) is 4.79 Å². The van der Waals surface area contributed by atoms with E-state index in [2.05, 4.69) is 31.1 Å². The van der Waals surface area contributed by atoms with E-state index < -0.39 is 0 Å². The highest BCUT2D eigenvalue weighted by Crippen LogP contribution is 2.19. The summed E-state index contributed by atoms with van der Waals surface area (Å²) >= 11 is 0. The van der Waals surface area contributed by atoms with Crippen LogP contribution in [-0.4, -0.2) is 50.7 Å². The summed E-state index contributed by atoms with van der Waals surface area (Å²) in [5.74, 6) is 1.00. The van der Waals surface area contributed by atoms with E-state index in [1.165, 1.54) is 7.11 Å². The Bertz CT molecular complexity index is 244. The fourth-order valence-corrected chi connectivity index (χ4v) is 2.46. The van der Waals surface area contributed by atoms with Gasteiger partial charge in [-0.2, -0.15) is 0 Å². The van der Waals surface area contributed by atoms with E-state index in [-0.39, 0.29) is 5.97 Å². The van der Waals surface area contributed by atoms with Crippen molar-refractivity contribution in [3.8, 4) is 0 Å². The van der Waals surface area contributed by atoms with Crippen molar-refractivity contribution >= 4 is 5.97 Å². The highest BCUT2D eigenvalue weighted by molar-refractivity contribution is 5.69. The van der Waals surface area contributed by atoms with Crippen LogP contribution in [0.4, 0.5) is 0 Å². The van der Waals surface area contributed by atoms with E-state index in [9.17, 15) is 4.79 Å². The molecule has 1 heterocycles. The molecule has 0 aromatic heterocycles. The van der Waals surface area contributed by atoms with Gasteiger partial charge in [0.1, 0.15) is 0 Å². The molecule has 100 valence electrons. The number of esters is 1. The summed E-state index contributed by atoms with van der Waals surface area (Å²) < 4.78 is 4.74. The Balaban J connectivity index is 2.39. The molecule has 17 heavy (non-hydrogen) atoms. The number of hydrogen-bond donors (Lipinski definition) is 1. The molecule has 2 unspecified atom stereocenters. The van der Waals surface area contributed by atoms with Crippen molar-refractivity contribution in [1.29, 1.82) is 0 Å². The van der Waals surface area contributed by atoms with Gasteiger partial charge in [0.2, 0.25) is 0 Å². The predicted molar refractivity (Wildman–Crippen MR) is 68.9 cm³/mol. The zero-order valence-corrected chi connectivity index (χ0v) is 11.5. The summed E-state index contributed by atoms with van der Waals surface area (Å²) in [6.07, 6.45) is 1.62. The Morgan fingerprint density at radius 1 is 1.47 bits per heavy atom. The van der Waals surface area contributed by atoms with Crippen LogP contribution < -0.4 is 5.32 Å². The first kappa shape index (κ1) is 14.5. The number of nitrogens with zero attached hydrogens (tertiary/aromatic N) is 1. The van der Waals surface area contributed by atoms with Gasteiger partial charge in [-0.25, -0.2) is 0 Å². The fourth-order valence-electron chi connectivity index (χ4n) is 2.46. The molecule has 1 N–H and O–H groups in total. The summed E-state index contributed by atoms with van der Waals surface area (Å²) in [6, 6.07) is 0.505. The molecule has 0 saturated carbocycles. The smallest absolute Gasteiger partial charge is 0.305 e. The third-order valence-corrected chi connectivity index (χ3v) is 3.22. The van der Waals surface area contributed by atoms with Gasteiger partial charge in [-0.1, -0.05) is 13.8 Å². The van der Waals surface area contributed by atoms with Crippen molar-refractivity contribution < 1.29 is 9.53 Å². The van der Waals surface area contributed by atoms with Crippen LogP contribution in [0.5, 0.6) is 0 Å². The highest BCUT2D eigenvalue weighted by atomic mass is 16.5. The standard InChI is InChI=1S/C13H26N2O2/c1-10(2)7-14-12-5-11(6-13(16)17-4)8-15(3)9-12/h10-12,14H,5-9H2,1-4H3. The minimum Gasteiger partial charge on any atom is -0.469 e. The van der Waals surface area contributed by atoms with E-state index in [4.69, 9.17) is 4.74 Å². The lowest BCUT2D eigenvalue weighted by molar-refractivity contribution is -0.142. The van der Waals surface area contributed by atoms with Crippen LogP contribution >= 0.6 is 0 Å². The number of carbonyl (C=O) groups is 1. The number of methoxy groups -OCH3 is 1. The second-order valence-electron chi connectivity index (χ2n) is 5.60. The summed E-state index contributed by atoms with van der Waals surface area (Å²) in [4.78, 5) is 13.6. The van der Waals surface area contributed by atoms with E-state index in [0.29, 0.717) is 24.3 Å². The molecule has 0 bridgehead atoms. The fraction of sp³-hybridized carbons (Fsp3) is 0.923. The van der Waals surface area contributed by atoms with E-state index >= 15 is 0 Å². The lowest BCUT2D eigenvalue weighted by atomic mass is 9.91. The summed E-state index contributed by atoms with van der Waals surface area (Å²) in [7, 11) is 3.58. The minimum atomic E-state index is -0.0899. The van der Waals surface area contributed by atoms with Crippen molar-refractivity contribution in [1.82, 2.24) is 10.2 Å². The zero-order chi connectivity index (χ0) is 12.8. The minimum absolute atomic E-state index is 0.0899. The van der Waals surface area contributed by atoms with Gasteiger partial charge >= 0.3 is 5.97 Å². The van der Waals surface area contributed by atoms with Crippen LogP contribution in [0.25, 0.3) is 0 Å². The molecular weight excluding hydrogens is 216 g/mol. The Morgan fingerprint density at radius 2 is 2.18 bits per heavy atom. The Hall–Kier alpha value is -0.610. The molecule has 1 saturated heterocycles. The van der Waals surface area contributed by atoms with Crippen LogP contribution in [0.3, 0.4) is 0 Å². The molecule has 1 aliphatic heterocycles. The first-order valence-electron chi connectivity index (χ1n) is 6.50. The number of nitrogens with one attached hydrogen (secondary N) is 1. The molecule has 4 nitrogen and oxygen atoms in total. The molecule has 1 fully saturated rings. The van der Waals surface area contributed by atoms with Gasteiger partial charge in [-0.15, -0.1) is 0 Å². The zero-order valence-electron chi connectivity index (χ0n) is 11.5. The van der Waals surface area contributed by atoms with Gasteiger partial charge in [-0.05, 0) is 31.8 Å². The number of piperidine rings is 1. The summed E-state index contributed by atoms with van der Waals surface area (Å²) in [5.41, 5.74) is 0. The molecule has 1 rings (SSSR count). The number of rotatable bonds is 5. The predicted octanol–water partition coefficient (Wildman–Crippen LogP) is 1.12. The number of ether oxygens (including phenoxy) is 1. The topological polar surface area (TPSA) is 41.6 Å². The van der Waals surface area contributed by atoms with Crippen molar-refractivity contribution in [2.75, 3.05) is 33.8 Å². The lowest BCUT2D eigenvalue weighted by Crippen LogP contribution is -2.48. The summed E-state index contributed by atoms with van der Waals surface area (Å²) in [5, 5.41) is 3.58. The van der Waals surface area contributed by atoms with E-state index in [1.807, 2.05) is 0 Å². The average molecular weight is 242 g/mol. The van der Waals surface area contributed by atoms with Crippen LogP contribution in [0, 0.1) is 11.8 Å². The molecule has 2 atom stereocenters. The number of hydrogen-bond acceptors (Lipinski definition) is 4. The second kappa shape index (κ2) is 6.97. The van der Waals surface area contributed by atoms with Gasteiger partial charge < -0.3 is 15.0 Å². The second-order valence-corrected chi connectivity index (χ2v) is 5.60. The molecule has 0 radical (unpaired) electrons. The van der Waals surface area contributed by atoms with Crippen molar-refractivity contribution in [2.45, 2.75) is 32.7 Å². The lowest BCUT2D eigenvalue weighted by Gasteiger charge is -2.36. The van der Waals surface area contributed by atoms with E-state index in [0.717, 1.165) is 26.1 Å². The monoisotopic (exact) mass is 242 g/mol. The Kier molecular flexibility index (Phi) is 5.92. The molecular formula is C13H26N2O2. The first-order chi connectivity index (χ1) is 8.01. The number of likely N-dealkylation sites (N-methyl/N-ethyl adjacent to an activating group) is 1. The first-order valence-corrected chi connectivity index (χ1v) is 6.50. The third kappa shape index (κ3) is 5.50. The summed E-state index contributed by atoms with van der Waals surface area (Å²) in [6.45, 7) is 7.54. The maximum Gasteiger partial charge on any atom is 0.305 e. The third-order valence-electron chi connectivity index (χ3n) is 3.22. The van der Waals surface area contributed by atoms with Crippen LogP contribution in [0.1, 0.15) is 26.7 Å². The Morgan fingerprint density at radius 3 is 2.76 bits per heavy atom. The number of likely N-dealkylation sites (tertiary alicyclic amines) is 1. The molecule has 0 aromatic rings. The van der Waals surface area contributed by atoms with Crippen molar-refractivity contribution in [2.24, 2.45) is 11.8 Å². The molecule has 0 amide bonds. The number of carbonyl (C=O) groups excluding carboxylic acids is 1. The van der Waals surface area contributed by atoms with Crippen LogP contribution in [0.2, 0.25) is 0 Å². The maximum atomic E-state index is 11.3. The largest absolute Gasteiger partial charge is 0.469 e. The van der Waals surface area contributed by atoms with Gasteiger partial charge in [0.15, 0.2) is 0 Å². The molecule has 0 spiro atoms. The quantitative estimate of drug-likeness (QED) is 0.734. The Labute approximate surface area is 105 Å². The van der Waals surface area contributed by atoms with E-state index in [1.54, 1.807) is 0 Å². The maximum absolute atomic E-state index is 11.3. The van der Waals surface area contributed by atoms with Crippen LogP contribution in [0.15, 0.2) is 0 Å². The van der Waals surface area contributed by atoms with Gasteiger partial charge in [0, 0.05) is 25.6 Å².